The number of nitrogens with zero attached hydrogens (tertiary/aromatic N) is 2. The zero-order chi connectivity index (χ0) is 23.4. The summed E-state index contributed by atoms with van der Waals surface area (Å²) in [5.41, 5.74) is 1.68. The Morgan fingerprint density at radius 1 is 0.879 bits per heavy atom. The van der Waals surface area contributed by atoms with Gasteiger partial charge in [0.2, 0.25) is 21.7 Å². The number of rotatable bonds is 8. The van der Waals surface area contributed by atoms with Crippen LogP contribution < -0.4 is 14.2 Å². The number of hydrogen-bond acceptors (Lipinski definition) is 7. The third-order valence-corrected chi connectivity index (χ3v) is 6.44. The second kappa shape index (κ2) is 9.43. The number of methoxy groups -OCH3 is 1. The van der Waals surface area contributed by atoms with E-state index >= 15 is 0 Å². The van der Waals surface area contributed by atoms with Gasteiger partial charge in [0.15, 0.2) is 0 Å². The molecule has 0 aliphatic rings. The molecule has 0 radical (unpaired) electrons. The number of aryl methyl sites for hydroxylation is 1. The summed E-state index contributed by atoms with van der Waals surface area (Å²) < 4.78 is 44.0. The summed E-state index contributed by atoms with van der Waals surface area (Å²) in [5, 5.41) is 3.98. The van der Waals surface area contributed by atoms with Gasteiger partial charge >= 0.3 is 0 Å². The highest BCUT2D eigenvalue weighted by molar-refractivity contribution is 7.89. The van der Waals surface area contributed by atoms with Crippen molar-refractivity contribution in [1.82, 2.24) is 14.9 Å². The highest BCUT2D eigenvalue weighted by Gasteiger charge is 2.22. The molecule has 0 spiro atoms. The van der Waals surface area contributed by atoms with Gasteiger partial charge in [-0.2, -0.15) is 9.71 Å². The summed E-state index contributed by atoms with van der Waals surface area (Å²) in [6, 6.07) is 20.3. The van der Waals surface area contributed by atoms with E-state index in [9.17, 15) is 8.42 Å². The lowest BCUT2D eigenvalue weighted by atomic mass is 10.2. The van der Waals surface area contributed by atoms with Crippen molar-refractivity contribution < 1.29 is 22.4 Å². The lowest BCUT2D eigenvalue weighted by Gasteiger charge is -2.10. The Bertz CT molecular complexity index is 1320. The predicted octanol–water partition coefficient (Wildman–Crippen LogP) is 4.89. The largest absolute Gasteiger partial charge is 0.497 e. The SMILES string of the molecule is COc1ccc(Oc2ccc(-c3noc([C@@H](C)NS(=O)(=O)c4ccc(C)cc4)n3)cc2)cc1. The van der Waals surface area contributed by atoms with Gasteiger partial charge in [0.1, 0.15) is 17.2 Å². The quantitative estimate of drug-likeness (QED) is 0.395. The van der Waals surface area contributed by atoms with Gasteiger partial charge < -0.3 is 14.0 Å². The first-order valence-corrected chi connectivity index (χ1v) is 11.7. The monoisotopic (exact) mass is 465 g/mol. The Kier molecular flexibility index (Phi) is 6.43. The minimum atomic E-state index is -3.72. The Morgan fingerprint density at radius 3 is 2.06 bits per heavy atom. The van der Waals surface area contributed by atoms with E-state index in [2.05, 4.69) is 14.9 Å². The van der Waals surface area contributed by atoms with Crippen LogP contribution in [0, 0.1) is 6.92 Å². The van der Waals surface area contributed by atoms with Gasteiger partial charge in [-0.15, -0.1) is 0 Å². The average molecular weight is 466 g/mol. The van der Waals surface area contributed by atoms with Crippen LogP contribution in [0.3, 0.4) is 0 Å². The first kappa shape index (κ1) is 22.5. The lowest BCUT2D eigenvalue weighted by Crippen LogP contribution is -2.27. The van der Waals surface area contributed by atoms with Gasteiger partial charge in [0, 0.05) is 5.56 Å². The molecule has 0 saturated carbocycles. The van der Waals surface area contributed by atoms with E-state index in [-0.39, 0.29) is 10.8 Å². The molecule has 0 fully saturated rings. The van der Waals surface area contributed by atoms with Crippen LogP contribution in [0.2, 0.25) is 0 Å². The molecular weight excluding hydrogens is 442 g/mol. The van der Waals surface area contributed by atoms with Crippen LogP contribution in [0.5, 0.6) is 17.2 Å². The molecule has 4 aromatic rings. The second-order valence-electron chi connectivity index (χ2n) is 7.41. The third-order valence-electron chi connectivity index (χ3n) is 4.88. The van der Waals surface area contributed by atoms with E-state index < -0.39 is 16.1 Å². The van der Waals surface area contributed by atoms with Crippen molar-refractivity contribution in [2.45, 2.75) is 24.8 Å². The van der Waals surface area contributed by atoms with Gasteiger partial charge in [0.05, 0.1) is 18.0 Å². The summed E-state index contributed by atoms with van der Waals surface area (Å²) in [6.45, 7) is 3.54. The molecule has 0 unspecified atom stereocenters. The van der Waals surface area contributed by atoms with Crippen molar-refractivity contribution in [1.29, 1.82) is 0 Å². The summed E-state index contributed by atoms with van der Waals surface area (Å²) in [7, 11) is -2.11. The number of sulfonamides is 1. The second-order valence-corrected chi connectivity index (χ2v) is 9.13. The highest BCUT2D eigenvalue weighted by Crippen LogP contribution is 2.27. The van der Waals surface area contributed by atoms with Crippen LogP contribution in [0.4, 0.5) is 0 Å². The van der Waals surface area contributed by atoms with Crippen LogP contribution in [-0.4, -0.2) is 25.7 Å². The van der Waals surface area contributed by atoms with E-state index in [1.165, 1.54) is 0 Å². The van der Waals surface area contributed by atoms with Crippen molar-refractivity contribution in [2.24, 2.45) is 0 Å². The molecule has 9 heteroatoms. The van der Waals surface area contributed by atoms with E-state index in [1.807, 2.05) is 31.2 Å². The molecule has 1 aromatic heterocycles. The van der Waals surface area contributed by atoms with Crippen LogP contribution >= 0.6 is 0 Å². The highest BCUT2D eigenvalue weighted by atomic mass is 32.2. The molecule has 1 atom stereocenters. The molecule has 0 saturated heterocycles. The maximum absolute atomic E-state index is 12.6. The number of hydrogen-bond donors (Lipinski definition) is 1. The van der Waals surface area contributed by atoms with Crippen LogP contribution in [0.25, 0.3) is 11.4 Å². The fourth-order valence-corrected chi connectivity index (χ4v) is 4.25. The molecule has 8 nitrogen and oxygen atoms in total. The standard InChI is InChI=1S/C24H23N3O5S/c1-16-4-14-22(15-5-16)33(28,29)27-17(2)24-25-23(26-32-24)18-6-8-20(9-7-18)31-21-12-10-19(30-3)11-13-21/h4-15,17,27H,1-3H3/t17-/m1/s1. The summed E-state index contributed by atoms with van der Waals surface area (Å²) in [5.74, 6) is 2.59. The average Bonchev–Trinajstić information content (AvgIpc) is 3.31. The van der Waals surface area contributed by atoms with E-state index in [0.29, 0.717) is 22.9 Å². The van der Waals surface area contributed by atoms with E-state index in [0.717, 1.165) is 11.3 Å². The fraction of sp³-hybridized carbons (Fsp3) is 0.167. The normalized spacial score (nSPS) is 12.3. The topological polar surface area (TPSA) is 104 Å². The lowest BCUT2D eigenvalue weighted by molar-refractivity contribution is 0.354. The Morgan fingerprint density at radius 2 is 1.45 bits per heavy atom. The molecular formula is C24H23N3O5S. The maximum atomic E-state index is 12.6. The van der Waals surface area contributed by atoms with E-state index in [1.54, 1.807) is 62.6 Å². The maximum Gasteiger partial charge on any atom is 0.244 e. The van der Waals surface area contributed by atoms with Crippen molar-refractivity contribution in [2.75, 3.05) is 7.11 Å². The number of aromatic nitrogens is 2. The summed E-state index contributed by atoms with van der Waals surface area (Å²) in [6.07, 6.45) is 0. The minimum Gasteiger partial charge on any atom is -0.497 e. The predicted molar refractivity (Wildman–Crippen MR) is 123 cm³/mol. The third kappa shape index (κ3) is 5.39. The minimum absolute atomic E-state index is 0.166. The zero-order valence-electron chi connectivity index (χ0n) is 18.3. The fourth-order valence-electron chi connectivity index (χ4n) is 3.05. The van der Waals surface area contributed by atoms with Crippen molar-refractivity contribution in [3.8, 4) is 28.6 Å². The molecule has 0 aliphatic heterocycles. The van der Waals surface area contributed by atoms with Gasteiger partial charge in [-0.05, 0) is 74.5 Å². The van der Waals surface area contributed by atoms with Crippen LogP contribution in [0.1, 0.15) is 24.4 Å². The number of benzene rings is 3. The molecule has 1 N–H and O–H groups in total. The van der Waals surface area contributed by atoms with Gasteiger partial charge in [-0.25, -0.2) is 8.42 Å². The van der Waals surface area contributed by atoms with Crippen LogP contribution in [-0.2, 0) is 10.0 Å². The Labute approximate surface area is 192 Å². The van der Waals surface area contributed by atoms with Crippen LogP contribution in [0.15, 0.2) is 82.2 Å². The van der Waals surface area contributed by atoms with Crippen molar-refractivity contribution >= 4 is 10.0 Å². The zero-order valence-corrected chi connectivity index (χ0v) is 19.2. The smallest absolute Gasteiger partial charge is 0.244 e. The molecule has 0 aliphatic carbocycles. The van der Waals surface area contributed by atoms with Gasteiger partial charge in [-0.1, -0.05) is 22.9 Å². The van der Waals surface area contributed by atoms with Crippen molar-refractivity contribution in [3.05, 3.63) is 84.3 Å². The first-order chi connectivity index (χ1) is 15.8. The van der Waals surface area contributed by atoms with E-state index in [4.69, 9.17) is 14.0 Å². The summed E-state index contributed by atoms with van der Waals surface area (Å²) >= 11 is 0. The first-order valence-electron chi connectivity index (χ1n) is 10.2. The molecule has 0 bridgehead atoms. The Hall–Kier alpha value is -3.69. The molecule has 1 heterocycles. The molecule has 33 heavy (non-hydrogen) atoms. The molecule has 4 rings (SSSR count). The summed E-state index contributed by atoms with van der Waals surface area (Å²) in [4.78, 5) is 4.52. The van der Waals surface area contributed by atoms with Crippen molar-refractivity contribution in [3.63, 3.8) is 0 Å². The molecule has 0 amide bonds. The molecule has 170 valence electrons. The number of nitrogens with one attached hydrogen (secondary N) is 1. The van der Waals surface area contributed by atoms with Gasteiger partial charge in [0.25, 0.3) is 0 Å². The van der Waals surface area contributed by atoms with Gasteiger partial charge in [-0.3, -0.25) is 0 Å². The number of ether oxygens (including phenoxy) is 2. The Balaban J connectivity index is 1.43. The molecule has 3 aromatic carbocycles.